The maximum absolute atomic E-state index is 12.8. The van der Waals surface area contributed by atoms with Crippen molar-refractivity contribution in [3.05, 3.63) is 47.7 Å². The molecule has 0 radical (unpaired) electrons. The van der Waals surface area contributed by atoms with E-state index in [0.29, 0.717) is 24.7 Å². The zero-order valence-electron chi connectivity index (χ0n) is 12.8. The number of aryl methyl sites for hydroxylation is 1. The van der Waals surface area contributed by atoms with Crippen LogP contribution >= 0.6 is 0 Å². The van der Waals surface area contributed by atoms with Gasteiger partial charge in [0.2, 0.25) is 11.8 Å². The summed E-state index contributed by atoms with van der Waals surface area (Å²) in [4.78, 5) is 26.3. The molecule has 2 N–H and O–H groups in total. The summed E-state index contributed by atoms with van der Waals surface area (Å²) >= 11 is 0. The van der Waals surface area contributed by atoms with E-state index in [9.17, 15) is 9.59 Å². The molecule has 0 bridgehead atoms. The smallest absolute Gasteiger partial charge is 0.247 e. The van der Waals surface area contributed by atoms with Crippen LogP contribution < -0.4 is 10.6 Å². The van der Waals surface area contributed by atoms with Crippen molar-refractivity contribution in [3.63, 3.8) is 0 Å². The van der Waals surface area contributed by atoms with Gasteiger partial charge < -0.3 is 15.2 Å². The Labute approximate surface area is 133 Å². The molecule has 23 heavy (non-hydrogen) atoms. The summed E-state index contributed by atoms with van der Waals surface area (Å²) in [5, 5.41) is 9.31. The number of aromatic nitrogens is 1. The molecule has 1 atom stereocenters. The first-order valence-corrected chi connectivity index (χ1v) is 7.43. The third kappa shape index (κ3) is 3.57. The highest BCUT2D eigenvalue weighted by Gasteiger charge is 2.31. The van der Waals surface area contributed by atoms with Gasteiger partial charge in [-0.25, -0.2) is 0 Å². The fourth-order valence-corrected chi connectivity index (χ4v) is 2.66. The number of nitrogens with one attached hydrogen (secondary N) is 2. The second kappa shape index (κ2) is 6.62. The van der Waals surface area contributed by atoms with Gasteiger partial charge in [-0.05, 0) is 12.5 Å². The molecule has 1 aliphatic heterocycles. The number of hydrogen-bond donors (Lipinski definition) is 2. The molecule has 7 heteroatoms. The molecule has 1 fully saturated rings. The van der Waals surface area contributed by atoms with Crippen molar-refractivity contribution in [2.24, 2.45) is 0 Å². The Bertz CT molecular complexity index is 698. The minimum atomic E-state index is -0.556. The standard InChI is InChI=1S/C16H18N4O3/c1-11-9-13(19-23-11)18-16(22)15(12-5-3-2-4-6-12)20-8-7-17-14(21)10-20/h2-6,9,15H,7-8,10H2,1H3,(H,17,21)(H,18,19,22). The van der Waals surface area contributed by atoms with Crippen LogP contribution in [0.3, 0.4) is 0 Å². The van der Waals surface area contributed by atoms with E-state index < -0.39 is 6.04 Å². The number of benzene rings is 1. The molecule has 0 saturated carbocycles. The molecule has 0 spiro atoms. The van der Waals surface area contributed by atoms with E-state index in [0.717, 1.165) is 5.56 Å². The van der Waals surface area contributed by atoms with E-state index in [1.807, 2.05) is 35.2 Å². The van der Waals surface area contributed by atoms with Crippen molar-refractivity contribution in [1.82, 2.24) is 15.4 Å². The summed E-state index contributed by atoms with van der Waals surface area (Å²) in [7, 11) is 0. The van der Waals surface area contributed by atoms with Crippen LogP contribution in [0.15, 0.2) is 40.9 Å². The average molecular weight is 314 g/mol. The predicted molar refractivity (Wildman–Crippen MR) is 83.6 cm³/mol. The highest BCUT2D eigenvalue weighted by Crippen LogP contribution is 2.23. The SMILES string of the molecule is Cc1cc(NC(=O)C(c2ccccc2)N2CCNC(=O)C2)no1. The van der Waals surface area contributed by atoms with Crippen LogP contribution in [0, 0.1) is 6.92 Å². The second-order valence-electron chi connectivity index (χ2n) is 5.45. The van der Waals surface area contributed by atoms with Gasteiger partial charge in [-0.1, -0.05) is 35.5 Å². The van der Waals surface area contributed by atoms with Gasteiger partial charge in [-0.3, -0.25) is 14.5 Å². The molecular formula is C16H18N4O3. The monoisotopic (exact) mass is 314 g/mol. The maximum Gasteiger partial charge on any atom is 0.247 e. The third-order valence-corrected chi connectivity index (χ3v) is 3.68. The lowest BCUT2D eigenvalue weighted by Gasteiger charge is -2.33. The first-order valence-electron chi connectivity index (χ1n) is 7.43. The third-order valence-electron chi connectivity index (χ3n) is 3.68. The summed E-state index contributed by atoms with van der Waals surface area (Å²) in [6.45, 7) is 3.08. The van der Waals surface area contributed by atoms with Crippen molar-refractivity contribution in [2.45, 2.75) is 13.0 Å². The fraction of sp³-hybridized carbons (Fsp3) is 0.312. The normalized spacial score (nSPS) is 16.7. The van der Waals surface area contributed by atoms with Gasteiger partial charge in [0.1, 0.15) is 11.8 Å². The van der Waals surface area contributed by atoms with Crippen LogP contribution in [0.4, 0.5) is 5.82 Å². The first kappa shape index (κ1) is 15.2. The Morgan fingerprint density at radius 2 is 2.17 bits per heavy atom. The number of piperazine rings is 1. The maximum atomic E-state index is 12.8. The van der Waals surface area contributed by atoms with Crippen LogP contribution in [0.1, 0.15) is 17.4 Å². The molecule has 1 saturated heterocycles. The number of nitrogens with zero attached hydrogens (tertiary/aromatic N) is 2. The highest BCUT2D eigenvalue weighted by atomic mass is 16.5. The molecule has 1 aliphatic rings. The van der Waals surface area contributed by atoms with E-state index in [1.165, 1.54) is 0 Å². The molecule has 3 rings (SSSR count). The van der Waals surface area contributed by atoms with E-state index in [2.05, 4.69) is 15.8 Å². The van der Waals surface area contributed by atoms with E-state index >= 15 is 0 Å². The van der Waals surface area contributed by atoms with Crippen molar-refractivity contribution in [3.8, 4) is 0 Å². The van der Waals surface area contributed by atoms with E-state index in [-0.39, 0.29) is 18.4 Å². The zero-order chi connectivity index (χ0) is 16.2. The van der Waals surface area contributed by atoms with Crippen molar-refractivity contribution in [2.75, 3.05) is 25.0 Å². The lowest BCUT2D eigenvalue weighted by molar-refractivity contribution is -0.128. The van der Waals surface area contributed by atoms with Crippen LogP contribution in [0.25, 0.3) is 0 Å². The highest BCUT2D eigenvalue weighted by molar-refractivity contribution is 5.95. The molecule has 0 aliphatic carbocycles. The lowest BCUT2D eigenvalue weighted by atomic mass is 10.0. The Morgan fingerprint density at radius 3 is 2.83 bits per heavy atom. The van der Waals surface area contributed by atoms with Crippen LogP contribution in [0.2, 0.25) is 0 Å². The van der Waals surface area contributed by atoms with Gasteiger partial charge in [-0.15, -0.1) is 0 Å². The van der Waals surface area contributed by atoms with Crippen LogP contribution in [-0.4, -0.2) is 41.5 Å². The Hall–Kier alpha value is -2.67. The minimum Gasteiger partial charge on any atom is -0.360 e. The summed E-state index contributed by atoms with van der Waals surface area (Å²) in [6.07, 6.45) is 0. The van der Waals surface area contributed by atoms with Crippen LogP contribution in [0.5, 0.6) is 0 Å². The largest absolute Gasteiger partial charge is 0.360 e. The molecule has 1 aromatic carbocycles. The van der Waals surface area contributed by atoms with Gasteiger partial charge in [-0.2, -0.15) is 0 Å². The molecule has 120 valence electrons. The van der Waals surface area contributed by atoms with Crippen LogP contribution in [-0.2, 0) is 9.59 Å². The Kier molecular flexibility index (Phi) is 4.38. The van der Waals surface area contributed by atoms with Crippen molar-refractivity contribution >= 4 is 17.6 Å². The molecule has 1 unspecified atom stereocenters. The molecule has 2 amide bonds. The van der Waals surface area contributed by atoms with E-state index in [4.69, 9.17) is 4.52 Å². The quantitative estimate of drug-likeness (QED) is 0.882. The fourth-order valence-electron chi connectivity index (χ4n) is 2.66. The summed E-state index contributed by atoms with van der Waals surface area (Å²) in [5.41, 5.74) is 0.833. The number of rotatable bonds is 4. The molecule has 7 nitrogen and oxygen atoms in total. The topological polar surface area (TPSA) is 87.5 Å². The lowest BCUT2D eigenvalue weighted by Crippen LogP contribution is -2.51. The number of anilines is 1. The Balaban J connectivity index is 1.85. The molecule has 1 aromatic heterocycles. The summed E-state index contributed by atoms with van der Waals surface area (Å²) in [5.74, 6) is 0.672. The summed E-state index contributed by atoms with van der Waals surface area (Å²) in [6, 6.07) is 10.5. The minimum absolute atomic E-state index is 0.0812. The Morgan fingerprint density at radius 1 is 1.39 bits per heavy atom. The van der Waals surface area contributed by atoms with Gasteiger partial charge in [0.05, 0.1) is 6.54 Å². The molecule has 2 heterocycles. The van der Waals surface area contributed by atoms with Gasteiger partial charge in [0.25, 0.3) is 0 Å². The number of hydrogen-bond acceptors (Lipinski definition) is 5. The number of amides is 2. The molecular weight excluding hydrogens is 296 g/mol. The van der Waals surface area contributed by atoms with Crippen molar-refractivity contribution in [1.29, 1.82) is 0 Å². The van der Waals surface area contributed by atoms with Gasteiger partial charge in [0.15, 0.2) is 5.82 Å². The second-order valence-corrected chi connectivity index (χ2v) is 5.45. The molecule has 2 aromatic rings. The number of carbonyl (C=O) groups excluding carboxylic acids is 2. The average Bonchev–Trinajstić information content (AvgIpc) is 2.94. The number of carbonyl (C=O) groups is 2. The van der Waals surface area contributed by atoms with Gasteiger partial charge >= 0.3 is 0 Å². The predicted octanol–water partition coefficient (Wildman–Crippen LogP) is 1.09. The van der Waals surface area contributed by atoms with Gasteiger partial charge in [0, 0.05) is 19.2 Å². The summed E-state index contributed by atoms with van der Waals surface area (Å²) < 4.78 is 4.97. The zero-order valence-corrected chi connectivity index (χ0v) is 12.8. The first-order chi connectivity index (χ1) is 11.1. The van der Waals surface area contributed by atoms with E-state index in [1.54, 1.807) is 13.0 Å². The van der Waals surface area contributed by atoms with Crippen molar-refractivity contribution < 1.29 is 14.1 Å².